The number of hydrogen-bond donors (Lipinski definition) is 1. The highest BCUT2D eigenvalue weighted by atomic mass is 32.1. The number of carbonyl (C=O) groups is 2. The van der Waals surface area contributed by atoms with E-state index in [9.17, 15) is 9.59 Å². The number of aromatic nitrogens is 1. The first-order valence-electron chi connectivity index (χ1n) is 10.8. The number of carbonyl (C=O) groups excluding carboxylic acids is 2. The van der Waals surface area contributed by atoms with Crippen LogP contribution < -0.4 is 5.32 Å². The van der Waals surface area contributed by atoms with Gasteiger partial charge in [-0.25, -0.2) is 14.6 Å². The van der Waals surface area contributed by atoms with E-state index in [-0.39, 0.29) is 0 Å². The molecule has 0 radical (unpaired) electrons. The van der Waals surface area contributed by atoms with E-state index in [1.54, 1.807) is 26.0 Å². The van der Waals surface area contributed by atoms with Crippen molar-refractivity contribution in [3.05, 3.63) is 87.6 Å². The van der Waals surface area contributed by atoms with Crippen molar-refractivity contribution in [2.45, 2.75) is 19.8 Å². The minimum absolute atomic E-state index is 0.342. The predicted molar refractivity (Wildman–Crippen MR) is 133 cm³/mol. The molecule has 0 amide bonds. The molecule has 1 aliphatic heterocycles. The average molecular weight is 486 g/mol. The van der Waals surface area contributed by atoms with Gasteiger partial charge in [-0.3, -0.25) is 0 Å². The molecule has 0 aliphatic carbocycles. The fraction of sp³-hybridized carbons (Fsp3) is 0.185. The highest BCUT2D eigenvalue weighted by Gasteiger charge is 2.38. The standard InChI is InChI=1S/C27H23N3O4S/c1-15-22(26(31)33-3)24(23(16(2)29-15)27(32)34-4)19-7-5-6-8-20(19)25-30-21(14-35-25)18-11-9-17(13-28)10-12-18/h5-12,14,24,29H,1-4H3. The highest BCUT2D eigenvalue weighted by Crippen LogP contribution is 2.43. The summed E-state index contributed by atoms with van der Waals surface area (Å²) in [7, 11) is 2.64. The van der Waals surface area contributed by atoms with E-state index >= 15 is 0 Å². The molecule has 0 saturated heterocycles. The molecule has 7 nitrogen and oxygen atoms in total. The summed E-state index contributed by atoms with van der Waals surface area (Å²) < 4.78 is 10.2. The number of hydrogen-bond acceptors (Lipinski definition) is 8. The number of nitriles is 1. The van der Waals surface area contributed by atoms with Gasteiger partial charge in [0, 0.05) is 27.9 Å². The molecule has 176 valence electrons. The Morgan fingerprint density at radius 1 is 0.971 bits per heavy atom. The van der Waals surface area contributed by atoms with Gasteiger partial charge in [-0.2, -0.15) is 5.26 Å². The maximum Gasteiger partial charge on any atom is 0.336 e. The number of rotatable bonds is 5. The molecule has 0 spiro atoms. The largest absolute Gasteiger partial charge is 0.466 e. The molecule has 0 atom stereocenters. The Kier molecular flexibility index (Phi) is 6.80. The Hall–Kier alpha value is -4.22. The zero-order chi connectivity index (χ0) is 25.1. The Morgan fingerprint density at radius 2 is 1.57 bits per heavy atom. The van der Waals surface area contributed by atoms with Crippen LogP contribution in [0.25, 0.3) is 21.8 Å². The van der Waals surface area contributed by atoms with Crippen molar-refractivity contribution >= 4 is 23.3 Å². The molecule has 4 rings (SSSR count). The van der Waals surface area contributed by atoms with Gasteiger partial charge in [0.05, 0.1) is 48.6 Å². The zero-order valence-corrected chi connectivity index (χ0v) is 20.5. The van der Waals surface area contributed by atoms with Crippen LogP contribution in [-0.4, -0.2) is 31.1 Å². The third-order valence-electron chi connectivity index (χ3n) is 5.89. The minimum Gasteiger partial charge on any atom is -0.466 e. The molecule has 0 bridgehead atoms. The second-order valence-electron chi connectivity index (χ2n) is 7.93. The zero-order valence-electron chi connectivity index (χ0n) is 19.7. The summed E-state index contributed by atoms with van der Waals surface area (Å²) in [6.07, 6.45) is 0. The number of methoxy groups -OCH3 is 2. The van der Waals surface area contributed by atoms with E-state index in [4.69, 9.17) is 19.7 Å². The molecule has 2 aromatic carbocycles. The first kappa shape index (κ1) is 23.9. The molecule has 35 heavy (non-hydrogen) atoms. The molecule has 1 N–H and O–H groups in total. The van der Waals surface area contributed by atoms with Crippen LogP contribution in [0, 0.1) is 11.3 Å². The molecule has 0 saturated carbocycles. The van der Waals surface area contributed by atoms with Crippen LogP contribution in [0.5, 0.6) is 0 Å². The third kappa shape index (κ3) is 4.46. The van der Waals surface area contributed by atoms with Gasteiger partial charge in [0.2, 0.25) is 0 Å². The van der Waals surface area contributed by atoms with Gasteiger partial charge in [0.1, 0.15) is 5.01 Å². The van der Waals surface area contributed by atoms with E-state index in [1.165, 1.54) is 25.6 Å². The number of allylic oxidation sites excluding steroid dienone is 2. The molecule has 2 heterocycles. The predicted octanol–water partition coefficient (Wildman–Crippen LogP) is 4.93. The second-order valence-corrected chi connectivity index (χ2v) is 8.79. The van der Waals surface area contributed by atoms with Crippen LogP contribution in [0.4, 0.5) is 0 Å². The maximum absolute atomic E-state index is 12.9. The van der Waals surface area contributed by atoms with Crippen LogP contribution in [0.2, 0.25) is 0 Å². The van der Waals surface area contributed by atoms with Crippen LogP contribution in [-0.2, 0) is 19.1 Å². The van der Waals surface area contributed by atoms with E-state index in [2.05, 4.69) is 11.4 Å². The first-order valence-corrected chi connectivity index (χ1v) is 11.7. The third-order valence-corrected chi connectivity index (χ3v) is 6.76. The number of dihydropyridines is 1. The second kappa shape index (κ2) is 9.95. The van der Waals surface area contributed by atoms with E-state index in [1.807, 2.05) is 41.8 Å². The van der Waals surface area contributed by atoms with Crippen molar-refractivity contribution in [2.75, 3.05) is 14.2 Å². The average Bonchev–Trinajstić information content (AvgIpc) is 3.37. The Morgan fingerprint density at radius 3 is 2.14 bits per heavy atom. The van der Waals surface area contributed by atoms with Crippen LogP contribution >= 0.6 is 11.3 Å². The lowest BCUT2D eigenvalue weighted by atomic mass is 9.78. The van der Waals surface area contributed by atoms with Crippen LogP contribution in [0.1, 0.15) is 30.9 Å². The topological polar surface area (TPSA) is 101 Å². The highest BCUT2D eigenvalue weighted by molar-refractivity contribution is 7.13. The Balaban J connectivity index is 1.87. The van der Waals surface area contributed by atoms with E-state index in [0.29, 0.717) is 28.1 Å². The lowest BCUT2D eigenvalue weighted by molar-refractivity contribution is -0.137. The fourth-order valence-corrected chi connectivity index (χ4v) is 5.13. The van der Waals surface area contributed by atoms with Crippen LogP contribution in [0.15, 0.2) is 76.5 Å². The molecule has 0 unspecified atom stereocenters. The van der Waals surface area contributed by atoms with E-state index in [0.717, 1.165) is 27.4 Å². The molecule has 3 aromatic rings. The number of benzene rings is 2. The van der Waals surface area contributed by atoms with Crippen molar-refractivity contribution in [3.8, 4) is 27.9 Å². The van der Waals surface area contributed by atoms with Crippen LogP contribution in [0.3, 0.4) is 0 Å². The lowest BCUT2D eigenvalue weighted by Crippen LogP contribution is -2.32. The monoisotopic (exact) mass is 485 g/mol. The molecule has 1 aliphatic rings. The Bertz CT molecular complexity index is 1370. The van der Waals surface area contributed by atoms with Crippen molar-refractivity contribution in [2.24, 2.45) is 0 Å². The maximum atomic E-state index is 12.9. The minimum atomic E-state index is -0.699. The van der Waals surface area contributed by atoms with Gasteiger partial charge >= 0.3 is 11.9 Å². The van der Waals surface area contributed by atoms with Crippen molar-refractivity contribution in [3.63, 3.8) is 0 Å². The summed E-state index contributed by atoms with van der Waals surface area (Å²) in [6.45, 7) is 3.57. The smallest absolute Gasteiger partial charge is 0.336 e. The van der Waals surface area contributed by atoms with Gasteiger partial charge in [0.15, 0.2) is 0 Å². The molecule has 8 heteroatoms. The van der Waals surface area contributed by atoms with Gasteiger partial charge in [-0.1, -0.05) is 36.4 Å². The Labute approximate surface area is 207 Å². The quantitative estimate of drug-likeness (QED) is 0.511. The summed E-state index contributed by atoms with van der Waals surface area (Å²) in [5.41, 5.74) is 5.69. The first-order chi connectivity index (χ1) is 16.9. The summed E-state index contributed by atoms with van der Waals surface area (Å²) in [5.74, 6) is -1.75. The number of nitrogens with one attached hydrogen (secondary N) is 1. The number of ether oxygens (including phenoxy) is 2. The normalized spacial score (nSPS) is 13.8. The molecule has 0 fully saturated rings. The number of esters is 2. The molecular weight excluding hydrogens is 462 g/mol. The molecule has 1 aromatic heterocycles. The van der Waals surface area contributed by atoms with Gasteiger partial charge in [-0.15, -0.1) is 11.3 Å². The summed E-state index contributed by atoms with van der Waals surface area (Å²) in [4.78, 5) is 30.6. The number of nitrogens with zero attached hydrogens (tertiary/aromatic N) is 2. The molecular formula is C27H23N3O4S. The van der Waals surface area contributed by atoms with Crippen molar-refractivity contribution in [1.82, 2.24) is 10.3 Å². The summed E-state index contributed by atoms with van der Waals surface area (Å²) in [6, 6.07) is 16.9. The van der Waals surface area contributed by atoms with Gasteiger partial charge < -0.3 is 14.8 Å². The SMILES string of the molecule is COC(=O)C1=C(C)NC(C)=C(C(=O)OC)C1c1ccccc1-c1nc(-c2ccc(C#N)cc2)cs1. The van der Waals surface area contributed by atoms with Gasteiger partial charge in [0.25, 0.3) is 0 Å². The van der Waals surface area contributed by atoms with Crippen molar-refractivity contribution in [1.29, 1.82) is 5.26 Å². The van der Waals surface area contributed by atoms with Gasteiger partial charge in [-0.05, 0) is 31.5 Å². The lowest BCUT2D eigenvalue weighted by Gasteiger charge is -2.31. The van der Waals surface area contributed by atoms with E-state index < -0.39 is 17.9 Å². The number of thiazole rings is 1. The summed E-state index contributed by atoms with van der Waals surface area (Å²) >= 11 is 1.46. The van der Waals surface area contributed by atoms with Crippen molar-refractivity contribution < 1.29 is 19.1 Å². The fourth-order valence-electron chi connectivity index (χ4n) is 4.26. The summed E-state index contributed by atoms with van der Waals surface area (Å²) in [5, 5.41) is 14.9.